The van der Waals surface area contributed by atoms with E-state index in [1.807, 2.05) is 0 Å². The van der Waals surface area contributed by atoms with Gasteiger partial charge in [-0.05, 0) is 37.5 Å². The Morgan fingerprint density at radius 3 is 0.694 bits per heavy atom. The van der Waals surface area contributed by atoms with Crippen LogP contribution in [0.4, 0.5) is 0 Å². The molecule has 3 N–H and O–H groups in total. The smallest absolute Gasteiger partial charge is 0.462 e. The summed E-state index contributed by atoms with van der Waals surface area (Å²) < 4.78 is 68.6. The SMILES string of the molecule is CCCCCCCCCCCCCCCCCCCCC(=O)O[C@H](COC(=O)CCCCCCCCCCCCCCCCCC)COP(=O)(O)OC[C@@H](O)COP(=O)(O)OC[C@@H](COC(=O)CCCCCCCCCC(C)C)OC(=O)CCCCCCCCCCCCCC(C)C. The third-order valence-corrected chi connectivity index (χ3v) is 20.4. The maximum Gasteiger partial charge on any atom is 0.472 e. The van der Waals surface area contributed by atoms with E-state index in [1.54, 1.807) is 0 Å². The van der Waals surface area contributed by atoms with E-state index in [0.29, 0.717) is 31.6 Å². The highest BCUT2D eigenvalue weighted by atomic mass is 31.2. The molecule has 0 heterocycles. The maximum absolute atomic E-state index is 13.1. The molecule has 0 saturated heterocycles. The van der Waals surface area contributed by atoms with Gasteiger partial charge in [0.05, 0.1) is 26.4 Å². The summed E-state index contributed by atoms with van der Waals surface area (Å²) in [6.07, 6.45) is 59.7. The lowest BCUT2D eigenvalue weighted by Gasteiger charge is -2.21. The highest BCUT2D eigenvalue weighted by Crippen LogP contribution is 2.45. The maximum atomic E-state index is 13.1. The van der Waals surface area contributed by atoms with Gasteiger partial charge in [0.2, 0.25) is 0 Å². The first-order chi connectivity index (χ1) is 47.4. The number of phosphoric ester groups is 2. The highest BCUT2D eigenvalue weighted by molar-refractivity contribution is 7.47. The molecule has 0 aliphatic carbocycles. The molecule has 0 amide bonds. The van der Waals surface area contributed by atoms with Gasteiger partial charge >= 0.3 is 39.5 Å². The highest BCUT2D eigenvalue weighted by Gasteiger charge is 2.30. The van der Waals surface area contributed by atoms with E-state index in [2.05, 4.69) is 41.5 Å². The standard InChI is InChI=1S/C79H154O17P2/c1-7-9-11-13-15-17-19-21-23-25-26-28-30-34-38-44-51-57-63-78(83)95-74(67-89-76(81)61-55-49-43-37-33-29-27-24-22-20-18-16-14-12-10-8-2)69-93-97(85,86)91-65-73(80)66-92-98(87,88)94-70-75(68-90-77(82)62-56-50-46-40-42-48-54-60-72(5)6)96-79(84)64-58-52-45-39-35-31-32-36-41-47-53-59-71(3)4/h71-75,80H,7-70H2,1-6H3,(H,85,86)(H,87,88)/t73-,74-,75-/m1/s1. The van der Waals surface area contributed by atoms with Crippen molar-refractivity contribution in [3.63, 3.8) is 0 Å². The fourth-order valence-electron chi connectivity index (χ4n) is 12.2. The predicted molar refractivity (Wildman–Crippen MR) is 400 cm³/mol. The molecule has 582 valence electrons. The summed E-state index contributed by atoms with van der Waals surface area (Å²) in [7, 11) is -9.92. The molecule has 98 heavy (non-hydrogen) atoms. The second-order valence-corrected chi connectivity index (χ2v) is 32.3. The molecule has 17 nitrogen and oxygen atoms in total. The molecule has 0 spiro atoms. The molecule has 0 aromatic heterocycles. The summed E-state index contributed by atoms with van der Waals surface area (Å²) in [5.74, 6) is -0.641. The van der Waals surface area contributed by atoms with Gasteiger partial charge < -0.3 is 33.8 Å². The van der Waals surface area contributed by atoms with E-state index in [9.17, 15) is 43.2 Å². The number of carbonyl (C=O) groups is 4. The van der Waals surface area contributed by atoms with Crippen molar-refractivity contribution in [3.8, 4) is 0 Å². The minimum atomic E-state index is -4.96. The molecule has 0 rings (SSSR count). The third kappa shape index (κ3) is 72.4. The van der Waals surface area contributed by atoms with Gasteiger partial charge in [-0.2, -0.15) is 0 Å². The van der Waals surface area contributed by atoms with E-state index in [-0.39, 0.29) is 25.7 Å². The second kappa shape index (κ2) is 70.7. The van der Waals surface area contributed by atoms with Crippen LogP contribution in [0, 0.1) is 11.8 Å². The number of phosphoric acid groups is 2. The van der Waals surface area contributed by atoms with Crippen molar-refractivity contribution in [3.05, 3.63) is 0 Å². The van der Waals surface area contributed by atoms with Crippen LogP contribution in [0.2, 0.25) is 0 Å². The van der Waals surface area contributed by atoms with Crippen LogP contribution in [-0.4, -0.2) is 96.7 Å². The zero-order valence-corrected chi connectivity index (χ0v) is 65.9. The third-order valence-electron chi connectivity index (χ3n) is 18.5. The van der Waals surface area contributed by atoms with Crippen LogP contribution in [0.15, 0.2) is 0 Å². The van der Waals surface area contributed by atoms with E-state index in [0.717, 1.165) is 102 Å². The number of esters is 4. The van der Waals surface area contributed by atoms with Gasteiger partial charge in [0.25, 0.3) is 0 Å². The summed E-state index contributed by atoms with van der Waals surface area (Å²) in [5, 5.41) is 10.6. The lowest BCUT2D eigenvalue weighted by molar-refractivity contribution is -0.161. The van der Waals surface area contributed by atoms with Crippen molar-refractivity contribution < 1.29 is 80.2 Å². The first-order valence-electron chi connectivity index (χ1n) is 41.0. The normalized spacial score (nSPS) is 13.9. The Labute approximate surface area is 600 Å². The predicted octanol–water partition coefficient (Wildman–Crippen LogP) is 23.5. The van der Waals surface area contributed by atoms with Gasteiger partial charge in [-0.3, -0.25) is 37.3 Å². The van der Waals surface area contributed by atoms with Crippen molar-refractivity contribution in [1.82, 2.24) is 0 Å². The molecule has 0 saturated carbocycles. The van der Waals surface area contributed by atoms with E-state index < -0.39 is 97.5 Å². The van der Waals surface area contributed by atoms with E-state index >= 15 is 0 Å². The average molecular weight is 1440 g/mol. The number of hydrogen-bond donors (Lipinski definition) is 3. The Hall–Kier alpha value is -1.94. The van der Waals surface area contributed by atoms with Crippen molar-refractivity contribution in [2.45, 2.75) is 432 Å². The molecule has 2 unspecified atom stereocenters. The van der Waals surface area contributed by atoms with Crippen LogP contribution in [-0.2, 0) is 65.4 Å². The monoisotopic (exact) mass is 1440 g/mol. The summed E-state index contributed by atoms with van der Waals surface area (Å²) in [4.78, 5) is 72.9. The minimum absolute atomic E-state index is 0.106. The Balaban J connectivity index is 5.24. The number of aliphatic hydroxyl groups excluding tert-OH is 1. The first kappa shape index (κ1) is 96.1. The van der Waals surface area contributed by atoms with Crippen LogP contribution in [0.1, 0.15) is 414 Å². The van der Waals surface area contributed by atoms with Crippen molar-refractivity contribution in [2.75, 3.05) is 39.6 Å². The number of ether oxygens (including phenoxy) is 4. The fourth-order valence-corrected chi connectivity index (χ4v) is 13.8. The number of hydrogen-bond acceptors (Lipinski definition) is 15. The van der Waals surface area contributed by atoms with Crippen LogP contribution in [0.5, 0.6) is 0 Å². The van der Waals surface area contributed by atoms with Gasteiger partial charge in [-0.1, -0.05) is 363 Å². The minimum Gasteiger partial charge on any atom is -0.462 e. The van der Waals surface area contributed by atoms with Crippen LogP contribution in [0.25, 0.3) is 0 Å². The molecule has 0 radical (unpaired) electrons. The lowest BCUT2D eigenvalue weighted by atomic mass is 10.0. The quantitative estimate of drug-likeness (QED) is 0.0222. The number of aliphatic hydroxyl groups is 1. The largest absolute Gasteiger partial charge is 0.472 e. The Morgan fingerprint density at radius 1 is 0.276 bits per heavy atom. The van der Waals surface area contributed by atoms with Gasteiger partial charge in [0.1, 0.15) is 19.3 Å². The topological polar surface area (TPSA) is 237 Å². The molecular weight excluding hydrogens is 1280 g/mol. The van der Waals surface area contributed by atoms with Gasteiger partial charge in [-0.15, -0.1) is 0 Å². The van der Waals surface area contributed by atoms with E-state index in [4.69, 9.17) is 37.0 Å². The zero-order valence-electron chi connectivity index (χ0n) is 64.1. The summed E-state index contributed by atoms with van der Waals surface area (Å²) in [6.45, 7) is 9.57. The molecule has 0 aliphatic rings. The molecule has 0 aromatic carbocycles. The zero-order chi connectivity index (χ0) is 72.1. The molecule has 0 bridgehead atoms. The number of carbonyl (C=O) groups excluding carboxylic acids is 4. The Kier molecular flexibility index (Phi) is 69.3. The summed E-state index contributed by atoms with van der Waals surface area (Å²) in [6, 6.07) is 0. The van der Waals surface area contributed by atoms with Crippen molar-refractivity contribution in [2.24, 2.45) is 11.8 Å². The Morgan fingerprint density at radius 2 is 0.469 bits per heavy atom. The summed E-state index contributed by atoms with van der Waals surface area (Å²) in [5.41, 5.74) is 0. The molecule has 19 heteroatoms. The first-order valence-corrected chi connectivity index (χ1v) is 44.0. The lowest BCUT2D eigenvalue weighted by Crippen LogP contribution is -2.30. The van der Waals surface area contributed by atoms with E-state index in [1.165, 1.54) is 225 Å². The van der Waals surface area contributed by atoms with Gasteiger partial charge in [0, 0.05) is 25.7 Å². The number of unbranched alkanes of at least 4 members (excludes halogenated alkanes) is 48. The molecule has 0 fully saturated rings. The van der Waals surface area contributed by atoms with Crippen LogP contribution >= 0.6 is 15.6 Å². The average Bonchev–Trinajstić information content (AvgIpc) is 1.32. The van der Waals surface area contributed by atoms with Gasteiger partial charge in [-0.25, -0.2) is 9.13 Å². The molecular formula is C79H154O17P2. The fraction of sp³-hybridized carbons (Fsp3) is 0.949. The molecule has 0 aliphatic heterocycles. The molecule has 0 aromatic rings. The second-order valence-electron chi connectivity index (χ2n) is 29.4. The molecule has 5 atom stereocenters. The van der Waals surface area contributed by atoms with Crippen LogP contribution < -0.4 is 0 Å². The Bertz CT molecular complexity index is 1890. The summed E-state index contributed by atoms with van der Waals surface area (Å²) >= 11 is 0. The van der Waals surface area contributed by atoms with Gasteiger partial charge in [0.15, 0.2) is 12.2 Å². The number of rotatable bonds is 78. The van der Waals surface area contributed by atoms with Crippen molar-refractivity contribution >= 4 is 39.5 Å². The van der Waals surface area contributed by atoms with Crippen molar-refractivity contribution in [1.29, 1.82) is 0 Å². The van der Waals surface area contributed by atoms with Crippen LogP contribution in [0.3, 0.4) is 0 Å².